The number of aromatic nitrogens is 3. The third kappa shape index (κ3) is 3.42. The van der Waals surface area contributed by atoms with Crippen LogP contribution in [0.2, 0.25) is 5.15 Å². The quantitative estimate of drug-likeness (QED) is 0.543. The number of nitrogens with zero attached hydrogens (tertiary/aromatic N) is 3. The molecule has 1 fully saturated rings. The fourth-order valence-electron chi connectivity index (χ4n) is 4.43. The lowest BCUT2D eigenvalue weighted by Gasteiger charge is -2.33. The molecule has 3 aromatic heterocycles. The zero-order valence-corrected chi connectivity index (χ0v) is 17.8. The van der Waals surface area contributed by atoms with Gasteiger partial charge in [0.1, 0.15) is 16.7 Å². The SMILES string of the molecule is Cc1cc2cc(-c3c(Cl)nc(N)nc3NC3(C)CCC(CO)C3C)oc2c(C)n1. The van der Waals surface area contributed by atoms with E-state index >= 15 is 0 Å². The number of aliphatic hydroxyl groups excluding tert-OH is 1. The lowest BCUT2D eigenvalue weighted by Crippen LogP contribution is -2.40. The topological polar surface area (TPSA) is 110 Å². The monoisotopic (exact) mass is 415 g/mol. The van der Waals surface area contributed by atoms with Crippen molar-refractivity contribution in [2.75, 3.05) is 17.7 Å². The average Bonchev–Trinajstić information content (AvgIpc) is 3.16. The molecule has 0 bridgehead atoms. The molecule has 1 saturated carbocycles. The van der Waals surface area contributed by atoms with Gasteiger partial charge in [-0.2, -0.15) is 4.98 Å². The predicted molar refractivity (Wildman–Crippen MR) is 115 cm³/mol. The van der Waals surface area contributed by atoms with E-state index in [1.54, 1.807) is 0 Å². The summed E-state index contributed by atoms with van der Waals surface area (Å²) in [5.74, 6) is 1.69. The van der Waals surface area contributed by atoms with E-state index in [4.69, 9.17) is 21.8 Å². The van der Waals surface area contributed by atoms with E-state index in [0.717, 1.165) is 29.6 Å². The predicted octanol–water partition coefficient (Wildman–Crippen LogP) is 4.35. The number of nitrogens with one attached hydrogen (secondary N) is 1. The molecule has 8 heteroatoms. The molecule has 3 aromatic rings. The molecule has 0 aromatic carbocycles. The summed E-state index contributed by atoms with van der Waals surface area (Å²) in [6, 6.07) is 3.90. The van der Waals surface area contributed by atoms with Crippen molar-refractivity contribution in [1.29, 1.82) is 0 Å². The first kappa shape index (κ1) is 19.9. The first-order valence-corrected chi connectivity index (χ1v) is 10.2. The Kier molecular flexibility index (Phi) is 4.91. The Morgan fingerprint density at radius 2 is 2.07 bits per heavy atom. The first-order valence-electron chi connectivity index (χ1n) is 9.82. The number of furan rings is 1. The normalized spacial score (nSPS) is 24.3. The molecule has 154 valence electrons. The highest BCUT2D eigenvalue weighted by Crippen LogP contribution is 2.44. The van der Waals surface area contributed by atoms with Crippen molar-refractivity contribution in [3.63, 3.8) is 0 Å². The fraction of sp³-hybridized carbons (Fsp3) is 0.476. The number of hydrogen-bond acceptors (Lipinski definition) is 7. The number of pyridine rings is 1. The van der Waals surface area contributed by atoms with Crippen LogP contribution in [-0.2, 0) is 0 Å². The molecule has 3 atom stereocenters. The van der Waals surface area contributed by atoms with Gasteiger partial charge in [-0.3, -0.25) is 4.98 Å². The van der Waals surface area contributed by atoms with Crippen LogP contribution in [0.3, 0.4) is 0 Å². The minimum Gasteiger partial charge on any atom is -0.454 e. The molecule has 4 rings (SSSR count). The Balaban J connectivity index is 1.82. The fourth-order valence-corrected chi connectivity index (χ4v) is 4.70. The Labute approximate surface area is 174 Å². The summed E-state index contributed by atoms with van der Waals surface area (Å²) in [7, 11) is 0. The second kappa shape index (κ2) is 7.15. The minimum atomic E-state index is -0.258. The molecule has 0 spiro atoms. The summed E-state index contributed by atoms with van der Waals surface area (Å²) in [5, 5.41) is 14.4. The molecule has 1 aliphatic carbocycles. The van der Waals surface area contributed by atoms with Crippen LogP contribution in [0, 0.1) is 25.7 Å². The van der Waals surface area contributed by atoms with Gasteiger partial charge in [-0.1, -0.05) is 18.5 Å². The number of nitrogen functional groups attached to an aromatic ring is 1. The number of hydrogen-bond donors (Lipinski definition) is 3. The van der Waals surface area contributed by atoms with Crippen molar-refractivity contribution in [2.24, 2.45) is 11.8 Å². The largest absolute Gasteiger partial charge is 0.454 e. The summed E-state index contributed by atoms with van der Waals surface area (Å²) < 4.78 is 6.12. The number of nitrogens with two attached hydrogens (primary N) is 1. The molecule has 3 unspecified atom stereocenters. The first-order chi connectivity index (χ1) is 13.7. The van der Waals surface area contributed by atoms with Crippen molar-refractivity contribution in [3.8, 4) is 11.3 Å². The van der Waals surface area contributed by atoms with E-state index in [1.807, 2.05) is 26.0 Å². The highest BCUT2D eigenvalue weighted by molar-refractivity contribution is 6.32. The summed E-state index contributed by atoms with van der Waals surface area (Å²) >= 11 is 6.50. The van der Waals surface area contributed by atoms with Crippen LogP contribution in [0.5, 0.6) is 0 Å². The Morgan fingerprint density at radius 1 is 1.31 bits per heavy atom. The maximum Gasteiger partial charge on any atom is 0.223 e. The van der Waals surface area contributed by atoms with E-state index in [-0.39, 0.29) is 35.1 Å². The Bertz CT molecular complexity index is 1080. The number of aliphatic hydroxyl groups is 1. The molecular weight excluding hydrogens is 390 g/mol. The molecule has 4 N–H and O–H groups in total. The lowest BCUT2D eigenvalue weighted by molar-refractivity contribution is 0.187. The van der Waals surface area contributed by atoms with Crippen molar-refractivity contribution in [1.82, 2.24) is 15.0 Å². The smallest absolute Gasteiger partial charge is 0.223 e. The van der Waals surface area contributed by atoms with Gasteiger partial charge < -0.3 is 20.6 Å². The minimum absolute atomic E-state index is 0.0963. The Morgan fingerprint density at radius 3 is 2.76 bits per heavy atom. The van der Waals surface area contributed by atoms with Crippen molar-refractivity contribution >= 4 is 34.3 Å². The number of fused-ring (bicyclic) bond motifs is 1. The lowest BCUT2D eigenvalue weighted by atomic mass is 9.86. The van der Waals surface area contributed by atoms with E-state index in [9.17, 15) is 5.11 Å². The maximum atomic E-state index is 9.67. The van der Waals surface area contributed by atoms with Gasteiger partial charge in [0.05, 0.1) is 11.3 Å². The average molecular weight is 416 g/mol. The van der Waals surface area contributed by atoms with Gasteiger partial charge in [-0.25, -0.2) is 4.98 Å². The number of aryl methyl sites for hydroxylation is 2. The molecule has 3 heterocycles. The summed E-state index contributed by atoms with van der Waals surface area (Å²) in [5.41, 5.74) is 8.67. The summed E-state index contributed by atoms with van der Waals surface area (Å²) in [4.78, 5) is 13.1. The number of anilines is 2. The van der Waals surface area contributed by atoms with E-state index in [2.05, 4.69) is 34.1 Å². The summed E-state index contributed by atoms with van der Waals surface area (Å²) in [6.07, 6.45) is 1.85. The van der Waals surface area contributed by atoms with E-state index < -0.39 is 0 Å². The Hall–Kier alpha value is -2.38. The van der Waals surface area contributed by atoms with Crippen LogP contribution < -0.4 is 11.1 Å². The van der Waals surface area contributed by atoms with Gasteiger partial charge in [0.25, 0.3) is 0 Å². The zero-order chi connectivity index (χ0) is 20.9. The van der Waals surface area contributed by atoms with Crippen LogP contribution in [0.4, 0.5) is 11.8 Å². The third-order valence-corrected chi connectivity index (χ3v) is 6.58. The molecule has 1 aliphatic rings. The van der Waals surface area contributed by atoms with Crippen molar-refractivity contribution < 1.29 is 9.52 Å². The van der Waals surface area contributed by atoms with E-state index in [0.29, 0.717) is 22.7 Å². The third-order valence-electron chi connectivity index (χ3n) is 6.31. The second-order valence-electron chi connectivity index (χ2n) is 8.29. The van der Waals surface area contributed by atoms with Crippen LogP contribution in [0.1, 0.15) is 38.1 Å². The number of halogens is 1. The standard InChI is InChI=1S/C21H26ClN5O2/c1-10-7-14-8-15(29-17(14)12(3)24-10)16-18(22)25-20(23)26-19(16)27-21(4)6-5-13(9-28)11(21)2/h7-8,11,13,28H,5-6,9H2,1-4H3,(H3,23,25,26,27). The van der Waals surface area contributed by atoms with E-state index in [1.165, 1.54) is 0 Å². The van der Waals surface area contributed by atoms with Crippen LogP contribution in [0.25, 0.3) is 22.3 Å². The highest BCUT2D eigenvalue weighted by atomic mass is 35.5. The highest BCUT2D eigenvalue weighted by Gasteiger charge is 2.43. The number of rotatable bonds is 4. The van der Waals surface area contributed by atoms with Gasteiger partial charge in [0.2, 0.25) is 5.95 Å². The molecule has 0 saturated heterocycles. The second-order valence-corrected chi connectivity index (χ2v) is 8.64. The van der Waals surface area contributed by atoms with Gasteiger partial charge in [0.15, 0.2) is 5.58 Å². The van der Waals surface area contributed by atoms with Crippen LogP contribution in [-0.4, -0.2) is 32.2 Å². The molecular formula is C21H26ClN5O2. The van der Waals surface area contributed by atoms with Gasteiger partial charge in [0, 0.05) is 23.2 Å². The zero-order valence-electron chi connectivity index (χ0n) is 17.1. The van der Waals surface area contributed by atoms with Crippen molar-refractivity contribution in [2.45, 2.75) is 46.1 Å². The molecule has 0 amide bonds. The molecule has 0 aliphatic heterocycles. The van der Waals surface area contributed by atoms with Gasteiger partial charge >= 0.3 is 0 Å². The van der Waals surface area contributed by atoms with Crippen molar-refractivity contribution in [3.05, 3.63) is 28.7 Å². The molecule has 0 radical (unpaired) electrons. The maximum absolute atomic E-state index is 9.67. The van der Waals surface area contributed by atoms with Gasteiger partial charge in [-0.05, 0) is 57.6 Å². The molecule has 29 heavy (non-hydrogen) atoms. The van der Waals surface area contributed by atoms with Gasteiger partial charge in [-0.15, -0.1) is 0 Å². The summed E-state index contributed by atoms with van der Waals surface area (Å²) in [6.45, 7) is 8.32. The van der Waals surface area contributed by atoms with Crippen LogP contribution >= 0.6 is 11.6 Å². The molecule has 7 nitrogen and oxygen atoms in total. The van der Waals surface area contributed by atoms with Crippen LogP contribution in [0.15, 0.2) is 16.5 Å².